The molecule has 76 valence electrons. The van der Waals surface area contributed by atoms with Crippen molar-refractivity contribution in [1.29, 1.82) is 0 Å². The Kier molecular flexibility index (Phi) is 4.14. The van der Waals surface area contributed by atoms with Gasteiger partial charge in [-0.25, -0.2) is 0 Å². The first kappa shape index (κ1) is 10.4. The molecule has 1 aliphatic carbocycles. The van der Waals surface area contributed by atoms with Gasteiger partial charge < -0.3 is 10.8 Å². The number of aliphatic hydroxyl groups is 1. The van der Waals surface area contributed by atoms with Gasteiger partial charge in [-0.1, -0.05) is 0 Å². The van der Waals surface area contributed by atoms with Gasteiger partial charge in [-0.05, 0) is 25.7 Å². The van der Waals surface area contributed by atoms with E-state index in [2.05, 4.69) is 5.48 Å². The average Bonchev–Trinajstić information content (AvgIpc) is 2.08. The van der Waals surface area contributed by atoms with Gasteiger partial charge in [-0.15, -0.1) is 0 Å². The van der Waals surface area contributed by atoms with Gasteiger partial charge in [0.2, 0.25) is 5.91 Å². The molecular weight excluding hydrogens is 172 g/mol. The van der Waals surface area contributed by atoms with Crippen LogP contribution >= 0.6 is 0 Å². The van der Waals surface area contributed by atoms with Crippen LogP contribution in [0.25, 0.3) is 0 Å². The van der Waals surface area contributed by atoms with E-state index in [0.29, 0.717) is 0 Å². The molecule has 5 nitrogen and oxygen atoms in total. The molecule has 13 heavy (non-hydrogen) atoms. The Morgan fingerprint density at radius 2 is 2.08 bits per heavy atom. The number of primary amides is 1. The Morgan fingerprint density at radius 3 is 2.62 bits per heavy atom. The summed E-state index contributed by atoms with van der Waals surface area (Å²) in [6.07, 6.45) is 3.16. The monoisotopic (exact) mass is 188 g/mol. The van der Waals surface area contributed by atoms with Crippen molar-refractivity contribution in [2.75, 3.05) is 6.61 Å². The fourth-order valence-corrected chi connectivity index (χ4v) is 1.42. The van der Waals surface area contributed by atoms with Crippen molar-refractivity contribution in [2.45, 2.75) is 37.8 Å². The molecule has 0 aromatic heterocycles. The third-order valence-corrected chi connectivity index (χ3v) is 2.16. The Bertz CT molecular complexity index is 167. The normalized spacial score (nSPS) is 28.7. The van der Waals surface area contributed by atoms with Gasteiger partial charge in [0.05, 0.1) is 6.10 Å². The second-order valence-corrected chi connectivity index (χ2v) is 3.38. The Balaban J connectivity index is 2.05. The molecular formula is C8H16N2O3. The van der Waals surface area contributed by atoms with E-state index in [1.54, 1.807) is 0 Å². The van der Waals surface area contributed by atoms with Gasteiger partial charge in [0.15, 0.2) is 0 Å². The molecule has 1 aliphatic rings. The fourth-order valence-electron chi connectivity index (χ4n) is 1.42. The lowest BCUT2D eigenvalue weighted by molar-refractivity contribution is -0.126. The van der Waals surface area contributed by atoms with Crippen molar-refractivity contribution in [2.24, 2.45) is 5.73 Å². The summed E-state index contributed by atoms with van der Waals surface area (Å²) in [5.74, 6) is -0.483. The molecule has 1 saturated carbocycles. The number of nitrogens with one attached hydrogen (secondary N) is 1. The SMILES string of the molecule is NC(=O)CONC1CCC(O)CC1. The van der Waals surface area contributed by atoms with Gasteiger partial charge in [-0.2, -0.15) is 5.48 Å². The minimum atomic E-state index is -0.483. The van der Waals surface area contributed by atoms with Crippen molar-refractivity contribution < 1.29 is 14.7 Å². The molecule has 1 amide bonds. The van der Waals surface area contributed by atoms with Gasteiger partial charge in [0.25, 0.3) is 0 Å². The third kappa shape index (κ3) is 4.21. The standard InChI is InChI=1S/C8H16N2O3/c9-8(12)5-13-10-6-1-3-7(11)4-2-6/h6-7,10-11H,1-5H2,(H2,9,12). The maximum atomic E-state index is 10.3. The highest BCUT2D eigenvalue weighted by molar-refractivity contribution is 5.74. The van der Waals surface area contributed by atoms with Crippen LogP contribution in [0.15, 0.2) is 0 Å². The van der Waals surface area contributed by atoms with Crippen molar-refractivity contribution in [3.05, 3.63) is 0 Å². The van der Waals surface area contributed by atoms with Gasteiger partial charge in [-0.3, -0.25) is 9.63 Å². The van der Waals surface area contributed by atoms with Gasteiger partial charge >= 0.3 is 0 Å². The lowest BCUT2D eigenvalue weighted by Crippen LogP contribution is -2.36. The predicted molar refractivity (Wildman–Crippen MR) is 46.5 cm³/mol. The van der Waals surface area contributed by atoms with E-state index < -0.39 is 5.91 Å². The molecule has 0 saturated heterocycles. The molecule has 1 fully saturated rings. The summed E-state index contributed by atoms with van der Waals surface area (Å²) < 4.78 is 0. The van der Waals surface area contributed by atoms with Crippen molar-refractivity contribution in [3.8, 4) is 0 Å². The minimum Gasteiger partial charge on any atom is -0.393 e. The van der Waals surface area contributed by atoms with Crippen LogP contribution < -0.4 is 11.2 Å². The quantitative estimate of drug-likeness (QED) is 0.509. The molecule has 0 spiro atoms. The minimum absolute atomic E-state index is 0.0982. The molecule has 0 radical (unpaired) electrons. The third-order valence-electron chi connectivity index (χ3n) is 2.16. The summed E-state index contributed by atoms with van der Waals surface area (Å²) in [5, 5.41) is 9.20. The number of amides is 1. The van der Waals surface area contributed by atoms with E-state index in [1.165, 1.54) is 0 Å². The second kappa shape index (κ2) is 5.16. The first-order valence-electron chi connectivity index (χ1n) is 4.52. The first-order valence-corrected chi connectivity index (χ1v) is 4.52. The summed E-state index contributed by atoms with van der Waals surface area (Å²) >= 11 is 0. The fraction of sp³-hybridized carbons (Fsp3) is 0.875. The summed E-state index contributed by atoms with van der Waals surface area (Å²) in [5.41, 5.74) is 7.65. The highest BCUT2D eigenvalue weighted by atomic mass is 16.6. The number of carbonyl (C=O) groups excluding carboxylic acids is 1. The number of hydrogen-bond acceptors (Lipinski definition) is 4. The number of rotatable bonds is 4. The number of carbonyl (C=O) groups is 1. The zero-order valence-corrected chi connectivity index (χ0v) is 7.53. The largest absolute Gasteiger partial charge is 0.393 e. The number of hydrogen-bond donors (Lipinski definition) is 3. The Labute approximate surface area is 77.2 Å². The van der Waals surface area contributed by atoms with E-state index in [4.69, 9.17) is 10.6 Å². The van der Waals surface area contributed by atoms with Gasteiger partial charge in [0.1, 0.15) is 6.61 Å². The zero-order valence-electron chi connectivity index (χ0n) is 7.53. The first-order chi connectivity index (χ1) is 6.18. The smallest absolute Gasteiger partial charge is 0.245 e. The number of aliphatic hydroxyl groups excluding tert-OH is 1. The van der Waals surface area contributed by atoms with Crippen LogP contribution in [-0.2, 0) is 9.63 Å². The molecule has 1 rings (SSSR count). The van der Waals surface area contributed by atoms with E-state index in [9.17, 15) is 9.90 Å². The molecule has 0 heterocycles. The van der Waals surface area contributed by atoms with Crippen LogP contribution in [0.4, 0.5) is 0 Å². The van der Waals surface area contributed by atoms with E-state index in [1.807, 2.05) is 0 Å². The van der Waals surface area contributed by atoms with E-state index in [-0.39, 0.29) is 18.8 Å². The van der Waals surface area contributed by atoms with Crippen LogP contribution in [-0.4, -0.2) is 29.8 Å². The lowest BCUT2D eigenvalue weighted by Gasteiger charge is -2.25. The zero-order chi connectivity index (χ0) is 9.68. The second-order valence-electron chi connectivity index (χ2n) is 3.38. The summed E-state index contributed by atoms with van der Waals surface area (Å²) in [7, 11) is 0. The highest BCUT2D eigenvalue weighted by Gasteiger charge is 2.18. The molecule has 4 N–H and O–H groups in total. The van der Waals surface area contributed by atoms with Crippen molar-refractivity contribution >= 4 is 5.91 Å². The molecule has 0 unspecified atom stereocenters. The Morgan fingerprint density at radius 1 is 1.46 bits per heavy atom. The average molecular weight is 188 g/mol. The van der Waals surface area contributed by atoms with E-state index >= 15 is 0 Å². The van der Waals surface area contributed by atoms with Crippen LogP contribution in [0.2, 0.25) is 0 Å². The maximum Gasteiger partial charge on any atom is 0.245 e. The van der Waals surface area contributed by atoms with E-state index in [0.717, 1.165) is 25.7 Å². The molecule has 5 heteroatoms. The highest BCUT2D eigenvalue weighted by Crippen LogP contribution is 2.17. The van der Waals surface area contributed by atoms with Crippen molar-refractivity contribution in [3.63, 3.8) is 0 Å². The van der Waals surface area contributed by atoms with Gasteiger partial charge in [0, 0.05) is 6.04 Å². The van der Waals surface area contributed by atoms with Crippen LogP contribution in [0.3, 0.4) is 0 Å². The van der Waals surface area contributed by atoms with Crippen molar-refractivity contribution in [1.82, 2.24) is 5.48 Å². The summed E-state index contributed by atoms with van der Waals surface area (Å²) in [6.45, 7) is -0.0982. The maximum absolute atomic E-state index is 10.3. The molecule has 0 aromatic rings. The molecule has 0 bridgehead atoms. The molecule has 0 aromatic carbocycles. The topological polar surface area (TPSA) is 84.6 Å². The summed E-state index contributed by atoms with van der Waals surface area (Å²) in [4.78, 5) is 15.2. The number of nitrogens with two attached hydrogens (primary N) is 1. The summed E-state index contributed by atoms with van der Waals surface area (Å²) in [6, 6.07) is 0.239. The van der Waals surface area contributed by atoms with Crippen LogP contribution in [0, 0.1) is 0 Å². The lowest BCUT2D eigenvalue weighted by atomic mass is 9.94. The Hall–Kier alpha value is -0.650. The number of hydroxylamine groups is 1. The van der Waals surface area contributed by atoms with Crippen LogP contribution in [0.1, 0.15) is 25.7 Å². The predicted octanol–water partition coefficient (Wildman–Crippen LogP) is -0.704. The van der Waals surface area contributed by atoms with Crippen LogP contribution in [0.5, 0.6) is 0 Å². The molecule has 0 aliphatic heterocycles. The molecule has 0 atom stereocenters.